The van der Waals surface area contributed by atoms with Gasteiger partial charge >= 0.3 is 0 Å². The molecular weight excluding hydrogens is 292 g/mol. The van der Waals surface area contributed by atoms with Gasteiger partial charge < -0.3 is 10.1 Å². The lowest BCUT2D eigenvalue weighted by Crippen LogP contribution is -2.12. The Morgan fingerprint density at radius 2 is 2.04 bits per heavy atom. The van der Waals surface area contributed by atoms with Crippen LogP contribution in [0.3, 0.4) is 0 Å². The summed E-state index contributed by atoms with van der Waals surface area (Å²) in [6, 6.07) is 12.7. The molecular formula is C17H16N4O2. The Labute approximate surface area is 133 Å². The molecule has 0 radical (unpaired) electrons. The van der Waals surface area contributed by atoms with Crippen molar-refractivity contribution >= 4 is 11.6 Å². The molecule has 3 aromatic rings. The number of carbonyl (C=O) groups excluding carboxylic acids is 1. The third kappa shape index (κ3) is 3.55. The van der Waals surface area contributed by atoms with E-state index in [0.717, 1.165) is 5.69 Å². The molecule has 0 aliphatic rings. The van der Waals surface area contributed by atoms with Crippen LogP contribution in [0.2, 0.25) is 0 Å². The van der Waals surface area contributed by atoms with Gasteiger partial charge in [-0.1, -0.05) is 0 Å². The largest absolute Gasteiger partial charge is 0.478 e. The second kappa shape index (κ2) is 6.74. The summed E-state index contributed by atoms with van der Waals surface area (Å²) in [6.07, 6.45) is 5.08. The molecule has 0 saturated heterocycles. The minimum absolute atomic E-state index is 0.215. The zero-order valence-corrected chi connectivity index (χ0v) is 12.6. The Bertz CT molecular complexity index is 765. The van der Waals surface area contributed by atoms with Gasteiger partial charge in [-0.15, -0.1) is 0 Å². The van der Waals surface area contributed by atoms with Gasteiger partial charge in [-0.3, -0.25) is 4.79 Å². The highest BCUT2D eigenvalue weighted by molar-refractivity contribution is 6.04. The molecule has 6 nitrogen and oxygen atoms in total. The van der Waals surface area contributed by atoms with Crippen LogP contribution in [-0.4, -0.2) is 27.3 Å². The van der Waals surface area contributed by atoms with E-state index >= 15 is 0 Å². The third-order valence-electron chi connectivity index (χ3n) is 3.18. The monoisotopic (exact) mass is 308 g/mol. The van der Waals surface area contributed by atoms with E-state index in [2.05, 4.69) is 15.4 Å². The van der Waals surface area contributed by atoms with E-state index in [1.165, 1.54) is 6.20 Å². The molecule has 2 heterocycles. The molecule has 6 heteroatoms. The SMILES string of the molecule is CCOc1ccc(C(=O)Nc2ccc(-n3cccn3)cc2)cn1. The van der Waals surface area contributed by atoms with Crippen LogP contribution in [0.1, 0.15) is 17.3 Å². The van der Waals surface area contributed by atoms with Crippen LogP contribution in [0.25, 0.3) is 5.69 Å². The fraction of sp³-hybridized carbons (Fsp3) is 0.118. The maximum atomic E-state index is 12.2. The molecule has 0 spiro atoms. The number of pyridine rings is 1. The number of benzene rings is 1. The Morgan fingerprint density at radius 3 is 2.65 bits per heavy atom. The van der Waals surface area contributed by atoms with Crippen LogP contribution in [0, 0.1) is 0 Å². The standard InChI is InChI=1S/C17H16N4O2/c1-2-23-16-9-4-13(12-18-16)17(22)20-14-5-7-15(8-6-14)21-11-3-10-19-21/h3-12H,2H2,1H3,(H,20,22). The van der Waals surface area contributed by atoms with Crippen LogP contribution in [0.15, 0.2) is 61.1 Å². The molecule has 3 rings (SSSR count). The van der Waals surface area contributed by atoms with E-state index in [-0.39, 0.29) is 5.91 Å². The second-order valence-electron chi connectivity index (χ2n) is 4.77. The van der Waals surface area contributed by atoms with Crippen LogP contribution < -0.4 is 10.1 Å². The lowest BCUT2D eigenvalue weighted by atomic mass is 10.2. The van der Waals surface area contributed by atoms with Gasteiger partial charge in [0.05, 0.1) is 17.9 Å². The summed E-state index contributed by atoms with van der Waals surface area (Å²) in [7, 11) is 0. The van der Waals surface area contributed by atoms with Gasteiger partial charge in [0.1, 0.15) is 0 Å². The Morgan fingerprint density at radius 1 is 1.22 bits per heavy atom. The van der Waals surface area contributed by atoms with Crippen molar-refractivity contribution in [2.24, 2.45) is 0 Å². The summed E-state index contributed by atoms with van der Waals surface area (Å²) >= 11 is 0. The first-order valence-corrected chi connectivity index (χ1v) is 7.26. The number of nitrogens with one attached hydrogen (secondary N) is 1. The van der Waals surface area contributed by atoms with Crippen molar-refractivity contribution in [2.45, 2.75) is 6.92 Å². The van der Waals surface area contributed by atoms with Crippen molar-refractivity contribution in [1.29, 1.82) is 0 Å². The first-order valence-electron chi connectivity index (χ1n) is 7.26. The van der Waals surface area contributed by atoms with Crippen molar-refractivity contribution in [2.75, 3.05) is 11.9 Å². The zero-order valence-electron chi connectivity index (χ0n) is 12.6. The quantitative estimate of drug-likeness (QED) is 0.787. The lowest BCUT2D eigenvalue weighted by Gasteiger charge is -2.07. The van der Waals surface area contributed by atoms with Crippen LogP contribution in [-0.2, 0) is 0 Å². The smallest absolute Gasteiger partial charge is 0.257 e. The number of hydrogen-bond acceptors (Lipinski definition) is 4. The first kappa shape index (κ1) is 14.8. The second-order valence-corrected chi connectivity index (χ2v) is 4.77. The summed E-state index contributed by atoms with van der Waals surface area (Å²) in [6.45, 7) is 2.43. The Hall–Kier alpha value is -3.15. The average molecular weight is 308 g/mol. The minimum Gasteiger partial charge on any atom is -0.478 e. The van der Waals surface area contributed by atoms with Crippen molar-refractivity contribution in [3.63, 3.8) is 0 Å². The summed E-state index contributed by atoms with van der Waals surface area (Å²) in [5.41, 5.74) is 2.11. The molecule has 1 aromatic carbocycles. The molecule has 0 aliphatic heterocycles. The maximum Gasteiger partial charge on any atom is 0.257 e. The Balaban J connectivity index is 1.67. The highest BCUT2D eigenvalue weighted by Gasteiger charge is 2.07. The molecule has 2 aromatic heterocycles. The number of ether oxygens (including phenoxy) is 1. The molecule has 23 heavy (non-hydrogen) atoms. The molecule has 0 saturated carbocycles. The van der Waals surface area contributed by atoms with Gasteiger partial charge in [0.25, 0.3) is 5.91 Å². The zero-order chi connectivity index (χ0) is 16.1. The molecule has 116 valence electrons. The predicted molar refractivity (Wildman–Crippen MR) is 86.9 cm³/mol. The Kier molecular flexibility index (Phi) is 4.33. The van der Waals surface area contributed by atoms with Crippen LogP contribution in [0.5, 0.6) is 5.88 Å². The summed E-state index contributed by atoms with van der Waals surface area (Å²) in [4.78, 5) is 16.3. The van der Waals surface area contributed by atoms with E-state index in [0.29, 0.717) is 23.7 Å². The van der Waals surface area contributed by atoms with Gasteiger partial charge in [-0.25, -0.2) is 9.67 Å². The molecule has 0 fully saturated rings. The van der Waals surface area contributed by atoms with Crippen molar-refractivity contribution in [3.8, 4) is 11.6 Å². The van der Waals surface area contributed by atoms with Crippen LogP contribution >= 0.6 is 0 Å². The van der Waals surface area contributed by atoms with Gasteiger partial charge in [-0.2, -0.15) is 5.10 Å². The van der Waals surface area contributed by atoms with Gasteiger partial charge in [0.15, 0.2) is 0 Å². The third-order valence-corrected chi connectivity index (χ3v) is 3.18. The number of amides is 1. The lowest BCUT2D eigenvalue weighted by molar-refractivity contribution is 0.102. The first-order chi connectivity index (χ1) is 11.3. The van der Waals surface area contributed by atoms with Crippen molar-refractivity contribution < 1.29 is 9.53 Å². The number of aromatic nitrogens is 3. The molecule has 1 N–H and O–H groups in total. The summed E-state index contributed by atoms with van der Waals surface area (Å²) in [5.74, 6) is 0.292. The molecule has 0 bridgehead atoms. The van der Waals surface area contributed by atoms with Crippen LogP contribution in [0.4, 0.5) is 5.69 Å². The fourth-order valence-corrected chi connectivity index (χ4v) is 2.07. The summed E-state index contributed by atoms with van der Waals surface area (Å²) in [5, 5.41) is 6.99. The molecule has 0 atom stereocenters. The molecule has 0 unspecified atom stereocenters. The highest BCUT2D eigenvalue weighted by atomic mass is 16.5. The van der Waals surface area contributed by atoms with E-state index < -0.39 is 0 Å². The normalized spacial score (nSPS) is 10.3. The molecule has 0 aliphatic carbocycles. The number of hydrogen-bond donors (Lipinski definition) is 1. The topological polar surface area (TPSA) is 69.0 Å². The summed E-state index contributed by atoms with van der Waals surface area (Å²) < 4.78 is 7.01. The van der Waals surface area contributed by atoms with E-state index in [4.69, 9.17) is 4.74 Å². The van der Waals surface area contributed by atoms with E-state index in [9.17, 15) is 4.79 Å². The number of anilines is 1. The van der Waals surface area contributed by atoms with Gasteiger partial charge in [0.2, 0.25) is 5.88 Å². The predicted octanol–water partition coefficient (Wildman–Crippen LogP) is 2.92. The highest BCUT2D eigenvalue weighted by Crippen LogP contribution is 2.14. The molecule has 1 amide bonds. The number of carbonyl (C=O) groups is 1. The number of nitrogens with zero attached hydrogens (tertiary/aromatic N) is 3. The average Bonchev–Trinajstić information content (AvgIpc) is 3.11. The fourth-order valence-electron chi connectivity index (χ4n) is 2.07. The van der Waals surface area contributed by atoms with E-state index in [1.807, 2.05) is 43.5 Å². The van der Waals surface area contributed by atoms with Crippen molar-refractivity contribution in [3.05, 3.63) is 66.6 Å². The number of rotatable bonds is 5. The maximum absolute atomic E-state index is 12.2. The minimum atomic E-state index is -0.215. The van der Waals surface area contributed by atoms with Gasteiger partial charge in [0, 0.05) is 30.3 Å². The van der Waals surface area contributed by atoms with Gasteiger partial charge in [-0.05, 0) is 43.3 Å². The van der Waals surface area contributed by atoms with E-state index in [1.54, 1.807) is 23.0 Å². The van der Waals surface area contributed by atoms with Crippen molar-refractivity contribution in [1.82, 2.24) is 14.8 Å².